The number of nitrogens with zero attached hydrogens (tertiary/aromatic N) is 2. The summed E-state index contributed by atoms with van der Waals surface area (Å²) in [5, 5.41) is 7.19. The lowest BCUT2D eigenvalue weighted by molar-refractivity contribution is -0.127. The first kappa shape index (κ1) is 18.3. The van der Waals surface area contributed by atoms with Crippen LogP contribution in [0.25, 0.3) is 5.69 Å². The molecular weight excluding hydrogens is 348 g/mol. The lowest BCUT2D eigenvalue weighted by Crippen LogP contribution is -2.33. The van der Waals surface area contributed by atoms with Crippen LogP contribution in [0.2, 0.25) is 0 Å². The Morgan fingerprint density at radius 2 is 2.12 bits per heavy atom. The minimum atomic E-state index is -2.99. The van der Waals surface area contributed by atoms with Gasteiger partial charge in [0.25, 0.3) is 5.91 Å². The van der Waals surface area contributed by atoms with Gasteiger partial charge in [-0.1, -0.05) is 12.1 Å². The van der Waals surface area contributed by atoms with Gasteiger partial charge in [-0.2, -0.15) is 13.9 Å². The predicted octanol–water partition coefficient (Wildman–Crippen LogP) is 2.44. The normalized spacial score (nSPS) is 14.9. The fraction of sp³-hybridized carbons (Fsp3) is 0.412. The number of fused-ring (bicyclic) bond motifs is 1. The van der Waals surface area contributed by atoms with E-state index >= 15 is 0 Å². The van der Waals surface area contributed by atoms with Gasteiger partial charge >= 0.3 is 6.61 Å². The largest absolute Gasteiger partial charge is 0.433 e. The number of para-hydroxylation sites is 2. The molecule has 1 atom stereocenters. The molecule has 0 saturated carbocycles. The maximum Gasteiger partial charge on any atom is 0.387 e. The molecule has 0 aliphatic carbocycles. The van der Waals surface area contributed by atoms with Gasteiger partial charge in [-0.05, 0) is 25.5 Å². The summed E-state index contributed by atoms with van der Waals surface area (Å²) in [6.45, 7) is -0.348. The highest BCUT2D eigenvalue weighted by atomic mass is 19.3. The Bertz CT molecular complexity index is 794. The standard InChI is InChI=1S/C17H19F2N3O4/c1-3-25-16(24-2)13-10-8-9-20-15(23)14(10)22(21-13)11-6-4-5-7-12(11)26-17(18)19/h4-7,16-17H,3,8-9H2,1-2H3,(H,20,23). The van der Waals surface area contributed by atoms with Gasteiger partial charge in [0.2, 0.25) is 6.29 Å². The van der Waals surface area contributed by atoms with Crippen LogP contribution in [-0.4, -0.2) is 42.6 Å². The molecule has 9 heteroatoms. The van der Waals surface area contributed by atoms with Crippen molar-refractivity contribution in [1.29, 1.82) is 0 Å². The first-order valence-corrected chi connectivity index (χ1v) is 8.15. The molecule has 1 aliphatic rings. The van der Waals surface area contributed by atoms with Crippen molar-refractivity contribution >= 4 is 5.91 Å². The second-order valence-electron chi connectivity index (χ2n) is 5.50. The van der Waals surface area contributed by atoms with Crippen molar-refractivity contribution in [2.45, 2.75) is 26.2 Å². The zero-order chi connectivity index (χ0) is 18.7. The Morgan fingerprint density at radius 1 is 1.35 bits per heavy atom. The van der Waals surface area contributed by atoms with E-state index in [1.165, 1.54) is 17.9 Å². The van der Waals surface area contributed by atoms with E-state index in [0.29, 0.717) is 30.8 Å². The quantitative estimate of drug-likeness (QED) is 0.761. The predicted molar refractivity (Wildman–Crippen MR) is 87.6 cm³/mol. The summed E-state index contributed by atoms with van der Waals surface area (Å²) in [7, 11) is 1.47. The summed E-state index contributed by atoms with van der Waals surface area (Å²) in [5.41, 5.74) is 1.61. The van der Waals surface area contributed by atoms with E-state index < -0.39 is 12.9 Å². The highest BCUT2D eigenvalue weighted by Crippen LogP contribution is 2.32. The topological polar surface area (TPSA) is 74.6 Å². The first-order valence-electron chi connectivity index (χ1n) is 8.15. The highest BCUT2D eigenvalue weighted by molar-refractivity contribution is 5.96. The van der Waals surface area contributed by atoms with Gasteiger partial charge in [0.05, 0.1) is 0 Å². The van der Waals surface area contributed by atoms with Crippen LogP contribution in [0.3, 0.4) is 0 Å². The summed E-state index contributed by atoms with van der Waals surface area (Å²) in [5.74, 6) is -0.425. The lowest BCUT2D eigenvalue weighted by Gasteiger charge is -2.18. The average molecular weight is 367 g/mol. The number of halogens is 2. The molecule has 1 aromatic carbocycles. The van der Waals surface area contributed by atoms with Crippen LogP contribution in [0.5, 0.6) is 5.75 Å². The molecular formula is C17H19F2N3O4. The minimum Gasteiger partial charge on any atom is -0.433 e. The van der Waals surface area contributed by atoms with Crippen LogP contribution in [-0.2, 0) is 15.9 Å². The molecule has 0 bridgehead atoms. The third-order valence-electron chi connectivity index (χ3n) is 3.96. The molecule has 1 amide bonds. The highest BCUT2D eigenvalue weighted by Gasteiger charge is 2.32. The van der Waals surface area contributed by atoms with Crippen molar-refractivity contribution in [2.24, 2.45) is 0 Å². The monoisotopic (exact) mass is 367 g/mol. The van der Waals surface area contributed by atoms with Gasteiger partial charge in [-0.3, -0.25) is 4.79 Å². The Labute approximate surface area is 148 Å². The molecule has 3 rings (SSSR count). The number of nitrogens with one attached hydrogen (secondary N) is 1. The number of hydrogen-bond donors (Lipinski definition) is 1. The van der Waals surface area contributed by atoms with Crippen LogP contribution in [0.4, 0.5) is 8.78 Å². The van der Waals surface area contributed by atoms with Crippen LogP contribution >= 0.6 is 0 Å². The Hall–Kier alpha value is -2.52. The molecule has 26 heavy (non-hydrogen) atoms. The lowest BCUT2D eigenvalue weighted by atomic mass is 10.0. The second-order valence-corrected chi connectivity index (χ2v) is 5.50. The fourth-order valence-corrected chi connectivity index (χ4v) is 2.93. The minimum absolute atomic E-state index is 0.0805. The summed E-state index contributed by atoms with van der Waals surface area (Å²) in [6.07, 6.45) is -0.231. The van der Waals surface area contributed by atoms with E-state index in [1.54, 1.807) is 18.2 Å². The molecule has 7 nitrogen and oxygen atoms in total. The number of methoxy groups -OCH3 is 1. The number of carbonyl (C=O) groups is 1. The maximum atomic E-state index is 12.7. The molecule has 0 saturated heterocycles. The first-order chi connectivity index (χ1) is 12.6. The number of rotatable bonds is 7. The Kier molecular flexibility index (Phi) is 5.48. The second kappa shape index (κ2) is 7.79. The van der Waals surface area contributed by atoms with Gasteiger partial charge < -0.3 is 19.5 Å². The number of alkyl halides is 2. The van der Waals surface area contributed by atoms with E-state index in [-0.39, 0.29) is 23.0 Å². The molecule has 1 aromatic heterocycles. The van der Waals surface area contributed by atoms with Crippen LogP contribution < -0.4 is 10.1 Å². The Balaban J connectivity index is 2.17. The van der Waals surface area contributed by atoms with Crippen molar-refractivity contribution in [2.75, 3.05) is 20.3 Å². The smallest absolute Gasteiger partial charge is 0.387 e. The van der Waals surface area contributed by atoms with Crippen molar-refractivity contribution in [3.05, 3.63) is 41.2 Å². The molecule has 0 fully saturated rings. The maximum absolute atomic E-state index is 12.7. The number of ether oxygens (including phenoxy) is 3. The summed E-state index contributed by atoms with van der Waals surface area (Å²) < 4.78 is 42.3. The molecule has 2 heterocycles. The molecule has 0 spiro atoms. The Morgan fingerprint density at radius 3 is 2.81 bits per heavy atom. The SMILES string of the molecule is CCOC(OC)c1nn(-c2ccccc2OC(F)F)c2c1CCNC2=O. The zero-order valence-corrected chi connectivity index (χ0v) is 14.4. The third kappa shape index (κ3) is 3.40. The van der Waals surface area contributed by atoms with Gasteiger partial charge in [0.15, 0.2) is 5.75 Å². The number of aromatic nitrogens is 2. The van der Waals surface area contributed by atoms with Gasteiger partial charge in [0, 0.05) is 25.8 Å². The van der Waals surface area contributed by atoms with E-state index in [0.717, 1.165) is 0 Å². The zero-order valence-electron chi connectivity index (χ0n) is 14.4. The van der Waals surface area contributed by atoms with E-state index in [2.05, 4.69) is 15.2 Å². The van der Waals surface area contributed by atoms with Gasteiger partial charge in [-0.25, -0.2) is 4.68 Å². The van der Waals surface area contributed by atoms with Crippen molar-refractivity contribution in [1.82, 2.24) is 15.1 Å². The van der Waals surface area contributed by atoms with Gasteiger partial charge in [0.1, 0.15) is 17.1 Å². The van der Waals surface area contributed by atoms with Gasteiger partial charge in [-0.15, -0.1) is 0 Å². The van der Waals surface area contributed by atoms with E-state index in [9.17, 15) is 13.6 Å². The molecule has 2 aromatic rings. The van der Waals surface area contributed by atoms with Crippen LogP contribution in [0.15, 0.2) is 24.3 Å². The van der Waals surface area contributed by atoms with Crippen molar-refractivity contribution in [3.63, 3.8) is 0 Å². The third-order valence-corrected chi connectivity index (χ3v) is 3.96. The number of hydrogen-bond acceptors (Lipinski definition) is 5. The number of carbonyl (C=O) groups excluding carboxylic acids is 1. The summed E-state index contributed by atoms with van der Waals surface area (Å²) in [4.78, 5) is 12.5. The fourth-order valence-electron chi connectivity index (χ4n) is 2.93. The number of benzene rings is 1. The van der Waals surface area contributed by atoms with Crippen LogP contribution in [0.1, 0.15) is 35.0 Å². The summed E-state index contributed by atoms with van der Waals surface area (Å²) in [6, 6.07) is 6.17. The van der Waals surface area contributed by atoms with Crippen molar-refractivity contribution in [3.8, 4) is 11.4 Å². The summed E-state index contributed by atoms with van der Waals surface area (Å²) >= 11 is 0. The van der Waals surface area contributed by atoms with Crippen molar-refractivity contribution < 1.29 is 27.8 Å². The van der Waals surface area contributed by atoms with E-state index in [4.69, 9.17) is 9.47 Å². The number of amides is 1. The van der Waals surface area contributed by atoms with Crippen LogP contribution in [0, 0.1) is 0 Å². The molecule has 1 N–H and O–H groups in total. The van der Waals surface area contributed by atoms with E-state index in [1.807, 2.05) is 6.92 Å². The molecule has 140 valence electrons. The average Bonchev–Trinajstić information content (AvgIpc) is 3.00. The molecule has 1 aliphatic heterocycles. The molecule has 0 radical (unpaired) electrons. The molecule has 1 unspecified atom stereocenters.